The molecule has 0 radical (unpaired) electrons. The average molecular weight is 254 g/mol. The number of nitrogens with zero attached hydrogens (tertiary/aromatic N) is 1. The lowest BCUT2D eigenvalue weighted by Crippen LogP contribution is -2.40. The lowest BCUT2D eigenvalue weighted by atomic mass is 9.95. The van der Waals surface area contributed by atoms with Crippen molar-refractivity contribution in [1.29, 1.82) is 0 Å². The summed E-state index contributed by atoms with van der Waals surface area (Å²) >= 11 is 2.09. The Kier molecular flexibility index (Phi) is 4.92. The van der Waals surface area contributed by atoms with E-state index in [-0.39, 0.29) is 0 Å². The average Bonchev–Trinajstić information content (AvgIpc) is 2.74. The van der Waals surface area contributed by atoms with Gasteiger partial charge in [-0.25, -0.2) is 0 Å². The fourth-order valence-corrected chi connectivity index (χ4v) is 3.71. The SMILES string of the molecule is CCSC1CCCCC1NCc1cc(C)on1. The van der Waals surface area contributed by atoms with Crippen LogP contribution in [0.4, 0.5) is 0 Å². The number of aryl methyl sites for hydroxylation is 1. The van der Waals surface area contributed by atoms with Gasteiger partial charge in [0.05, 0.1) is 5.69 Å². The molecule has 17 heavy (non-hydrogen) atoms. The fourth-order valence-electron chi connectivity index (χ4n) is 2.48. The summed E-state index contributed by atoms with van der Waals surface area (Å²) in [6.45, 7) is 5.02. The smallest absolute Gasteiger partial charge is 0.133 e. The van der Waals surface area contributed by atoms with E-state index in [1.165, 1.54) is 31.4 Å². The zero-order valence-electron chi connectivity index (χ0n) is 10.7. The summed E-state index contributed by atoms with van der Waals surface area (Å²) < 4.78 is 5.08. The zero-order chi connectivity index (χ0) is 12.1. The molecule has 0 bridgehead atoms. The second-order valence-corrected chi connectivity index (χ2v) is 6.21. The van der Waals surface area contributed by atoms with Crippen molar-refractivity contribution in [3.63, 3.8) is 0 Å². The highest BCUT2D eigenvalue weighted by atomic mass is 32.2. The molecular weight excluding hydrogens is 232 g/mol. The Labute approximate surface area is 108 Å². The van der Waals surface area contributed by atoms with Gasteiger partial charge in [-0.05, 0) is 25.5 Å². The number of hydrogen-bond donors (Lipinski definition) is 1. The van der Waals surface area contributed by atoms with Gasteiger partial charge in [0.2, 0.25) is 0 Å². The molecule has 0 aromatic carbocycles. The molecule has 1 fully saturated rings. The summed E-state index contributed by atoms with van der Waals surface area (Å²) in [6, 6.07) is 2.66. The predicted molar refractivity (Wildman–Crippen MR) is 72.3 cm³/mol. The van der Waals surface area contributed by atoms with Gasteiger partial charge in [0.15, 0.2) is 0 Å². The summed E-state index contributed by atoms with van der Waals surface area (Å²) in [5.41, 5.74) is 1.02. The van der Waals surface area contributed by atoms with Crippen LogP contribution in [0.3, 0.4) is 0 Å². The van der Waals surface area contributed by atoms with Crippen molar-refractivity contribution < 1.29 is 4.52 Å². The Morgan fingerprint density at radius 3 is 3.00 bits per heavy atom. The van der Waals surface area contributed by atoms with Crippen LogP contribution in [0.5, 0.6) is 0 Å². The Morgan fingerprint density at radius 1 is 1.47 bits per heavy atom. The quantitative estimate of drug-likeness (QED) is 0.876. The normalized spacial score (nSPS) is 25.1. The van der Waals surface area contributed by atoms with E-state index in [1.807, 2.05) is 13.0 Å². The summed E-state index contributed by atoms with van der Waals surface area (Å²) in [6.07, 6.45) is 5.40. The van der Waals surface area contributed by atoms with Crippen LogP contribution in [-0.4, -0.2) is 22.2 Å². The van der Waals surface area contributed by atoms with Crippen molar-refractivity contribution in [2.24, 2.45) is 0 Å². The molecule has 1 saturated carbocycles. The van der Waals surface area contributed by atoms with Gasteiger partial charge < -0.3 is 9.84 Å². The molecule has 2 rings (SSSR count). The van der Waals surface area contributed by atoms with Crippen LogP contribution >= 0.6 is 11.8 Å². The molecule has 0 aliphatic heterocycles. The predicted octanol–water partition coefficient (Wildman–Crippen LogP) is 3.14. The van der Waals surface area contributed by atoms with Gasteiger partial charge in [-0.3, -0.25) is 0 Å². The van der Waals surface area contributed by atoms with E-state index in [0.717, 1.165) is 23.2 Å². The van der Waals surface area contributed by atoms with E-state index in [0.29, 0.717) is 6.04 Å². The third-order valence-electron chi connectivity index (χ3n) is 3.31. The van der Waals surface area contributed by atoms with E-state index in [9.17, 15) is 0 Å². The van der Waals surface area contributed by atoms with E-state index in [4.69, 9.17) is 4.52 Å². The molecule has 4 heteroatoms. The van der Waals surface area contributed by atoms with E-state index in [1.54, 1.807) is 0 Å². The first-order valence-corrected chi connectivity index (χ1v) is 7.61. The van der Waals surface area contributed by atoms with Crippen LogP contribution < -0.4 is 5.32 Å². The highest BCUT2D eigenvalue weighted by Gasteiger charge is 2.24. The molecule has 2 unspecified atom stereocenters. The van der Waals surface area contributed by atoms with E-state index >= 15 is 0 Å². The van der Waals surface area contributed by atoms with Gasteiger partial charge in [-0.1, -0.05) is 24.9 Å². The van der Waals surface area contributed by atoms with E-state index in [2.05, 4.69) is 29.2 Å². The van der Waals surface area contributed by atoms with E-state index < -0.39 is 0 Å². The summed E-state index contributed by atoms with van der Waals surface area (Å²) in [5.74, 6) is 2.11. The molecule has 1 aliphatic rings. The highest BCUT2D eigenvalue weighted by molar-refractivity contribution is 7.99. The molecule has 96 valence electrons. The second-order valence-electron chi connectivity index (χ2n) is 4.69. The van der Waals surface area contributed by atoms with Gasteiger partial charge in [-0.2, -0.15) is 11.8 Å². The van der Waals surface area contributed by atoms with Crippen molar-refractivity contribution in [2.75, 3.05) is 5.75 Å². The van der Waals surface area contributed by atoms with Crippen LogP contribution in [0, 0.1) is 6.92 Å². The van der Waals surface area contributed by atoms with Gasteiger partial charge in [-0.15, -0.1) is 0 Å². The summed E-state index contributed by atoms with van der Waals surface area (Å²) in [4.78, 5) is 0. The maximum Gasteiger partial charge on any atom is 0.133 e. The second kappa shape index (κ2) is 6.45. The molecule has 0 spiro atoms. The first kappa shape index (κ1) is 13.0. The minimum atomic E-state index is 0.644. The molecule has 1 N–H and O–H groups in total. The third kappa shape index (κ3) is 3.75. The Morgan fingerprint density at radius 2 is 2.29 bits per heavy atom. The molecule has 0 saturated heterocycles. The standard InChI is InChI=1S/C13H22N2OS/c1-3-17-13-7-5-4-6-12(13)14-9-11-8-10(2)16-15-11/h8,12-14H,3-7,9H2,1-2H3. The number of hydrogen-bond acceptors (Lipinski definition) is 4. The first-order chi connectivity index (χ1) is 8.29. The molecule has 2 atom stereocenters. The van der Waals surface area contributed by atoms with Crippen LogP contribution in [0.2, 0.25) is 0 Å². The lowest BCUT2D eigenvalue weighted by molar-refractivity contribution is 0.364. The van der Waals surface area contributed by atoms with Gasteiger partial charge in [0.1, 0.15) is 5.76 Å². The maximum atomic E-state index is 5.08. The van der Waals surface area contributed by atoms with Crippen molar-refractivity contribution in [2.45, 2.75) is 57.4 Å². The van der Waals surface area contributed by atoms with Gasteiger partial charge in [0.25, 0.3) is 0 Å². The number of nitrogens with one attached hydrogen (secondary N) is 1. The molecule has 1 aromatic rings. The van der Waals surface area contributed by atoms with Crippen molar-refractivity contribution in [1.82, 2.24) is 10.5 Å². The molecular formula is C13H22N2OS. The van der Waals surface area contributed by atoms with Crippen LogP contribution in [0.25, 0.3) is 0 Å². The van der Waals surface area contributed by atoms with Gasteiger partial charge >= 0.3 is 0 Å². The molecule has 1 aliphatic carbocycles. The molecule has 3 nitrogen and oxygen atoms in total. The Balaban J connectivity index is 1.83. The van der Waals surface area contributed by atoms with Crippen LogP contribution in [-0.2, 0) is 6.54 Å². The third-order valence-corrected chi connectivity index (χ3v) is 4.63. The fraction of sp³-hybridized carbons (Fsp3) is 0.769. The van der Waals surface area contributed by atoms with Crippen LogP contribution in [0.1, 0.15) is 44.1 Å². The topological polar surface area (TPSA) is 38.1 Å². The Hall–Kier alpha value is -0.480. The molecule has 1 aromatic heterocycles. The highest BCUT2D eigenvalue weighted by Crippen LogP contribution is 2.28. The largest absolute Gasteiger partial charge is 0.361 e. The Bertz CT molecular complexity index is 338. The summed E-state index contributed by atoms with van der Waals surface area (Å²) in [7, 11) is 0. The zero-order valence-corrected chi connectivity index (χ0v) is 11.6. The van der Waals surface area contributed by atoms with Crippen molar-refractivity contribution in [3.8, 4) is 0 Å². The summed E-state index contributed by atoms with van der Waals surface area (Å²) in [5, 5.41) is 8.45. The lowest BCUT2D eigenvalue weighted by Gasteiger charge is -2.31. The minimum Gasteiger partial charge on any atom is -0.361 e. The number of thioether (sulfide) groups is 1. The maximum absolute atomic E-state index is 5.08. The number of aromatic nitrogens is 1. The monoisotopic (exact) mass is 254 g/mol. The van der Waals surface area contributed by atoms with Crippen molar-refractivity contribution in [3.05, 3.63) is 17.5 Å². The van der Waals surface area contributed by atoms with Gasteiger partial charge in [0, 0.05) is 23.9 Å². The molecule has 1 heterocycles. The molecule has 0 amide bonds. The minimum absolute atomic E-state index is 0.644. The number of rotatable bonds is 5. The first-order valence-electron chi connectivity index (χ1n) is 6.56. The van der Waals surface area contributed by atoms with Crippen molar-refractivity contribution >= 4 is 11.8 Å². The van der Waals surface area contributed by atoms with Crippen LogP contribution in [0.15, 0.2) is 10.6 Å².